The van der Waals surface area contributed by atoms with Crippen LogP contribution in [0.5, 0.6) is 0 Å². The van der Waals surface area contributed by atoms with Gasteiger partial charge in [0.1, 0.15) is 0 Å². The Balaban J connectivity index is 2.29. The van der Waals surface area contributed by atoms with Gasteiger partial charge in [0.15, 0.2) is 0 Å². The van der Waals surface area contributed by atoms with Gasteiger partial charge in [-0.05, 0) is 37.8 Å². The van der Waals surface area contributed by atoms with Crippen molar-refractivity contribution in [3.63, 3.8) is 0 Å². The van der Waals surface area contributed by atoms with Gasteiger partial charge in [0.05, 0.1) is 5.41 Å². The Labute approximate surface area is 95.3 Å². The monoisotopic (exact) mass is 219 g/mol. The first-order chi connectivity index (χ1) is 7.36. The number of rotatable bonds is 3. The zero-order valence-corrected chi connectivity index (χ0v) is 9.66. The van der Waals surface area contributed by atoms with E-state index in [0.29, 0.717) is 0 Å². The van der Waals surface area contributed by atoms with Crippen LogP contribution < -0.4 is 5.73 Å². The van der Waals surface area contributed by atoms with E-state index >= 15 is 0 Å². The molecule has 0 bridgehead atoms. The third-order valence-electron chi connectivity index (χ3n) is 3.50. The molecule has 1 aliphatic rings. The van der Waals surface area contributed by atoms with E-state index in [1.807, 2.05) is 24.3 Å². The first-order valence-corrected chi connectivity index (χ1v) is 5.49. The second-order valence-corrected chi connectivity index (χ2v) is 5.16. The molecular formula is C13H17NO2. The van der Waals surface area contributed by atoms with E-state index in [9.17, 15) is 4.79 Å². The maximum atomic E-state index is 11.1. The molecule has 86 valence electrons. The molecule has 0 spiro atoms. The molecule has 0 radical (unpaired) electrons. The van der Waals surface area contributed by atoms with Crippen LogP contribution >= 0.6 is 0 Å². The van der Waals surface area contributed by atoms with E-state index in [1.54, 1.807) is 13.8 Å². The number of hydrogen-bond donors (Lipinski definition) is 2. The number of hydrogen-bond acceptors (Lipinski definition) is 2. The summed E-state index contributed by atoms with van der Waals surface area (Å²) in [5, 5.41) is 9.11. The van der Waals surface area contributed by atoms with Crippen LogP contribution in [0, 0.1) is 0 Å². The number of benzene rings is 1. The van der Waals surface area contributed by atoms with E-state index in [2.05, 4.69) is 0 Å². The SMILES string of the molecule is CC(C)(C(=O)O)c1ccc(C2(N)CC2)cc1. The molecule has 16 heavy (non-hydrogen) atoms. The zero-order valence-electron chi connectivity index (χ0n) is 9.66. The summed E-state index contributed by atoms with van der Waals surface area (Å²) >= 11 is 0. The van der Waals surface area contributed by atoms with Crippen molar-refractivity contribution < 1.29 is 9.90 Å². The maximum absolute atomic E-state index is 11.1. The molecule has 3 heteroatoms. The molecule has 0 heterocycles. The summed E-state index contributed by atoms with van der Waals surface area (Å²) in [7, 11) is 0. The summed E-state index contributed by atoms with van der Waals surface area (Å²) in [6, 6.07) is 7.65. The lowest BCUT2D eigenvalue weighted by Gasteiger charge is -2.20. The van der Waals surface area contributed by atoms with Crippen LogP contribution in [0.3, 0.4) is 0 Å². The van der Waals surface area contributed by atoms with Crippen LogP contribution in [0.25, 0.3) is 0 Å². The Kier molecular flexibility index (Phi) is 2.31. The van der Waals surface area contributed by atoms with Crippen LogP contribution in [0.1, 0.15) is 37.8 Å². The predicted octanol–water partition coefficient (Wildman–Crippen LogP) is 2.00. The molecule has 3 nitrogen and oxygen atoms in total. The van der Waals surface area contributed by atoms with Crippen molar-refractivity contribution in [2.24, 2.45) is 5.73 Å². The fourth-order valence-electron chi connectivity index (χ4n) is 1.77. The van der Waals surface area contributed by atoms with Crippen LogP contribution in [0.4, 0.5) is 0 Å². The summed E-state index contributed by atoms with van der Waals surface area (Å²) in [4.78, 5) is 11.1. The van der Waals surface area contributed by atoms with Crippen LogP contribution in [-0.4, -0.2) is 11.1 Å². The third kappa shape index (κ3) is 1.71. The predicted molar refractivity (Wildman–Crippen MR) is 62.2 cm³/mol. The van der Waals surface area contributed by atoms with Gasteiger partial charge >= 0.3 is 5.97 Å². The Morgan fingerprint density at radius 2 is 1.81 bits per heavy atom. The van der Waals surface area contributed by atoms with Gasteiger partial charge in [0.25, 0.3) is 0 Å². The molecule has 0 saturated heterocycles. The summed E-state index contributed by atoms with van der Waals surface area (Å²) < 4.78 is 0. The molecule has 3 N–H and O–H groups in total. The van der Waals surface area contributed by atoms with E-state index < -0.39 is 11.4 Å². The molecule has 1 aromatic carbocycles. The normalized spacial score (nSPS) is 18.2. The Morgan fingerprint density at radius 1 is 1.31 bits per heavy atom. The molecule has 0 unspecified atom stereocenters. The second-order valence-electron chi connectivity index (χ2n) is 5.16. The number of carboxylic acids is 1. The molecule has 1 fully saturated rings. The highest BCUT2D eigenvalue weighted by Crippen LogP contribution is 2.42. The van der Waals surface area contributed by atoms with Crippen molar-refractivity contribution in [2.75, 3.05) is 0 Å². The molecule has 0 amide bonds. The summed E-state index contributed by atoms with van der Waals surface area (Å²) in [6.45, 7) is 3.42. The number of nitrogens with two attached hydrogens (primary N) is 1. The van der Waals surface area contributed by atoms with Gasteiger partial charge < -0.3 is 10.8 Å². The highest BCUT2D eigenvalue weighted by molar-refractivity contribution is 5.80. The first-order valence-electron chi connectivity index (χ1n) is 5.49. The quantitative estimate of drug-likeness (QED) is 0.817. The molecule has 1 saturated carbocycles. The lowest BCUT2D eigenvalue weighted by atomic mass is 9.84. The molecule has 1 aromatic rings. The highest BCUT2D eigenvalue weighted by atomic mass is 16.4. The standard InChI is InChI=1S/C13H17NO2/c1-12(2,11(15)16)9-3-5-10(6-4-9)13(14)7-8-13/h3-6H,7-8,14H2,1-2H3,(H,15,16). The minimum atomic E-state index is -0.843. The average molecular weight is 219 g/mol. The van der Waals surface area contributed by atoms with Crippen molar-refractivity contribution in [3.8, 4) is 0 Å². The van der Waals surface area contributed by atoms with Crippen LogP contribution in [-0.2, 0) is 15.7 Å². The summed E-state index contributed by atoms with van der Waals surface area (Å²) in [6.07, 6.45) is 2.04. The van der Waals surface area contributed by atoms with Crippen molar-refractivity contribution in [3.05, 3.63) is 35.4 Å². The number of carbonyl (C=O) groups is 1. The largest absolute Gasteiger partial charge is 0.481 e. The fourth-order valence-corrected chi connectivity index (χ4v) is 1.77. The van der Waals surface area contributed by atoms with Crippen LogP contribution in [0.2, 0.25) is 0 Å². The van der Waals surface area contributed by atoms with E-state index in [1.165, 1.54) is 0 Å². The molecule has 1 aliphatic carbocycles. The minimum absolute atomic E-state index is 0.147. The molecule has 0 aliphatic heterocycles. The van der Waals surface area contributed by atoms with Crippen molar-refractivity contribution >= 4 is 5.97 Å². The van der Waals surface area contributed by atoms with Crippen LogP contribution in [0.15, 0.2) is 24.3 Å². The minimum Gasteiger partial charge on any atom is -0.481 e. The summed E-state index contributed by atoms with van der Waals surface area (Å²) in [5.41, 5.74) is 7.00. The average Bonchev–Trinajstić information content (AvgIpc) is 2.98. The van der Waals surface area contributed by atoms with E-state index in [4.69, 9.17) is 10.8 Å². The van der Waals surface area contributed by atoms with Crippen molar-refractivity contribution in [1.29, 1.82) is 0 Å². The topological polar surface area (TPSA) is 63.3 Å². The molecule has 2 rings (SSSR count). The summed E-state index contributed by atoms with van der Waals surface area (Å²) in [5.74, 6) is -0.811. The molecule has 0 aromatic heterocycles. The van der Waals surface area contributed by atoms with Gasteiger partial charge in [-0.25, -0.2) is 0 Å². The van der Waals surface area contributed by atoms with E-state index in [0.717, 1.165) is 24.0 Å². The van der Waals surface area contributed by atoms with Gasteiger partial charge in [-0.2, -0.15) is 0 Å². The van der Waals surface area contributed by atoms with E-state index in [-0.39, 0.29) is 5.54 Å². The lowest BCUT2D eigenvalue weighted by molar-refractivity contribution is -0.142. The first kappa shape index (κ1) is 11.1. The fraction of sp³-hybridized carbons (Fsp3) is 0.462. The van der Waals surface area contributed by atoms with Gasteiger partial charge in [-0.1, -0.05) is 24.3 Å². The Hall–Kier alpha value is -1.35. The van der Waals surface area contributed by atoms with Gasteiger partial charge in [0, 0.05) is 5.54 Å². The Bertz CT molecular complexity index is 416. The highest BCUT2D eigenvalue weighted by Gasteiger charge is 2.40. The van der Waals surface area contributed by atoms with Gasteiger partial charge in [-0.15, -0.1) is 0 Å². The number of aliphatic carboxylic acids is 1. The maximum Gasteiger partial charge on any atom is 0.313 e. The van der Waals surface area contributed by atoms with Gasteiger partial charge in [0.2, 0.25) is 0 Å². The zero-order chi connectivity index (χ0) is 12.0. The number of carboxylic acid groups (broad SMARTS) is 1. The smallest absolute Gasteiger partial charge is 0.313 e. The Morgan fingerprint density at radius 3 is 2.19 bits per heavy atom. The van der Waals surface area contributed by atoms with Gasteiger partial charge in [-0.3, -0.25) is 4.79 Å². The molecular weight excluding hydrogens is 202 g/mol. The second kappa shape index (κ2) is 3.32. The van der Waals surface area contributed by atoms with Crippen molar-refractivity contribution in [1.82, 2.24) is 0 Å². The lowest BCUT2D eigenvalue weighted by Crippen LogP contribution is -2.28. The van der Waals surface area contributed by atoms with Crippen molar-refractivity contribution in [2.45, 2.75) is 37.6 Å². The third-order valence-corrected chi connectivity index (χ3v) is 3.50. The molecule has 0 atom stereocenters.